The van der Waals surface area contributed by atoms with E-state index in [4.69, 9.17) is 4.42 Å². The number of anilines is 1. The Balaban J connectivity index is 1.32. The number of carbonyl (C=O) groups excluding carboxylic acids is 1. The molecule has 1 spiro atoms. The van der Waals surface area contributed by atoms with Crippen LogP contribution in [0.15, 0.2) is 46.0 Å². The van der Waals surface area contributed by atoms with E-state index in [-0.39, 0.29) is 11.3 Å². The third kappa shape index (κ3) is 3.76. The molecule has 0 bridgehead atoms. The van der Waals surface area contributed by atoms with Crippen molar-refractivity contribution in [1.82, 2.24) is 10.6 Å². The number of fused-ring (bicyclic) bond motifs is 2. The standard InChI is InChI=1S/C23H30N4O2/c1-17-10-15-29-20(17)21(28)25-13-7-14-26-22(24-2)27-16-23(11-5-6-12-23)18-8-3-4-9-19(18)27/h3-4,8-10,15H,5-7,11-14,16H2,1-2H3,(H,24,26)(H,25,28). The minimum atomic E-state index is -0.159. The van der Waals surface area contributed by atoms with Crippen LogP contribution in [-0.2, 0) is 5.41 Å². The topological polar surface area (TPSA) is 69.9 Å². The number of para-hydroxylation sites is 1. The molecule has 1 aromatic carbocycles. The number of carbonyl (C=O) groups is 1. The fraction of sp³-hybridized carbons (Fsp3) is 0.478. The second kappa shape index (κ2) is 8.31. The maximum Gasteiger partial charge on any atom is 0.287 e. The molecule has 1 aliphatic carbocycles. The quantitative estimate of drug-likeness (QED) is 0.462. The predicted molar refractivity (Wildman–Crippen MR) is 116 cm³/mol. The summed E-state index contributed by atoms with van der Waals surface area (Å²) in [7, 11) is 1.84. The van der Waals surface area contributed by atoms with Crippen molar-refractivity contribution < 1.29 is 9.21 Å². The molecule has 29 heavy (non-hydrogen) atoms. The Hall–Kier alpha value is -2.76. The summed E-state index contributed by atoms with van der Waals surface area (Å²) in [6, 6.07) is 10.6. The summed E-state index contributed by atoms with van der Waals surface area (Å²) in [5.74, 6) is 1.15. The van der Waals surface area contributed by atoms with Crippen LogP contribution in [0, 0.1) is 6.92 Å². The van der Waals surface area contributed by atoms with Crippen LogP contribution >= 0.6 is 0 Å². The Bertz CT molecular complexity index is 896. The van der Waals surface area contributed by atoms with E-state index in [1.54, 1.807) is 12.3 Å². The molecule has 1 fully saturated rings. The summed E-state index contributed by atoms with van der Waals surface area (Å²) in [5, 5.41) is 6.40. The lowest BCUT2D eigenvalue weighted by Crippen LogP contribution is -2.44. The lowest BCUT2D eigenvalue weighted by Gasteiger charge is -2.26. The molecule has 0 radical (unpaired) electrons. The van der Waals surface area contributed by atoms with Gasteiger partial charge in [-0.25, -0.2) is 0 Å². The average Bonchev–Trinajstić information content (AvgIpc) is 3.46. The Morgan fingerprint density at radius 1 is 1.17 bits per heavy atom. The van der Waals surface area contributed by atoms with Gasteiger partial charge in [0.05, 0.1) is 6.26 Å². The van der Waals surface area contributed by atoms with Crippen LogP contribution < -0.4 is 15.5 Å². The van der Waals surface area contributed by atoms with E-state index in [2.05, 4.69) is 44.8 Å². The smallest absolute Gasteiger partial charge is 0.287 e. The number of furan rings is 1. The maximum atomic E-state index is 12.1. The summed E-state index contributed by atoms with van der Waals surface area (Å²) in [6.07, 6.45) is 7.49. The molecule has 6 heteroatoms. The Kier molecular flexibility index (Phi) is 5.60. The van der Waals surface area contributed by atoms with Crippen molar-refractivity contribution in [3.63, 3.8) is 0 Å². The fourth-order valence-electron chi connectivity index (χ4n) is 4.77. The van der Waals surface area contributed by atoms with Gasteiger partial charge in [0, 0.05) is 43.3 Å². The zero-order valence-corrected chi connectivity index (χ0v) is 17.3. The van der Waals surface area contributed by atoms with Crippen LogP contribution in [0.5, 0.6) is 0 Å². The van der Waals surface area contributed by atoms with Crippen molar-refractivity contribution in [2.24, 2.45) is 4.99 Å². The zero-order valence-electron chi connectivity index (χ0n) is 17.3. The molecule has 2 aromatic rings. The third-order valence-corrected chi connectivity index (χ3v) is 6.25. The van der Waals surface area contributed by atoms with Crippen molar-refractivity contribution in [3.8, 4) is 0 Å². The highest BCUT2D eigenvalue weighted by Gasteiger charge is 2.45. The second-order valence-corrected chi connectivity index (χ2v) is 8.11. The molecule has 0 saturated heterocycles. The number of nitrogens with zero attached hydrogens (tertiary/aromatic N) is 2. The molecule has 154 valence electrons. The van der Waals surface area contributed by atoms with Gasteiger partial charge in [-0.05, 0) is 43.9 Å². The first-order chi connectivity index (χ1) is 14.1. The number of aryl methyl sites for hydroxylation is 1. The van der Waals surface area contributed by atoms with Crippen molar-refractivity contribution >= 4 is 17.6 Å². The normalized spacial score (nSPS) is 17.6. The number of hydrogen-bond acceptors (Lipinski definition) is 3. The predicted octanol–water partition coefficient (Wildman–Crippen LogP) is 3.62. The minimum Gasteiger partial charge on any atom is -0.459 e. The first kappa shape index (κ1) is 19.6. The number of guanidine groups is 1. The minimum absolute atomic E-state index is 0.159. The average molecular weight is 395 g/mol. The summed E-state index contributed by atoms with van der Waals surface area (Å²) in [5.41, 5.74) is 3.89. The van der Waals surface area contributed by atoms with E-state index in [0.29, 0.717) is 12.3 Å². The highest BCUT2D eigenvalue weighted by molar-refractivity contribution is 5.98. The number of amides is 1. The zero-order chi connectivity index (χ0) is 20.3. The number of benzene rings is 1. The SMILES string of the molecule is CN=C(NCCCNC(=O)c1occc1C)N1CC2(CCCC2)c2ccccc21. The molecular weight excluding hydrogens is 364 g/mol. The molecule has 1 aromatic heterocycles. The van der Waals surface area contributed by atoms with Gasteiger partial charge in [-0.1, -0.05) is 31.0 Å². The van der Waals surface area contributed by atoms with E-state index >= 15 is 0 Å². The number of nitrogens with one attached hydrogen (secondary N) is 2. The van der Waals surface area contributed by atoms with Crippen molar-refractivity contribution in [2.45, 2.75) is 44.4 Å². The molecule has 0 atom stereocenters. The molecule has 0 unspecified atom stereocenters. The molecule has 1 aliphatic heterocycles. The Morgan fingerprint density at radius 2 is 1.93 bits per heavy atom. The van der Waals surface area contributed by atoms with E-state index < -0.39 is 0 Å². The summed E-state index contributed by atoms with van der Waals surface area (Å²) < 4.78 is 5.23. The molecule has 4 rings (SSSR count). The Labute approximate surface area is 172 Å². The van der Waals surface area contributed by atoms with Gasteiger partial charge in [-0.2, -0.15) is 0 Å². The fourth-order valence-corrected chi connectivity index (χ4v) is 4.77. The van der Waals surface area contributed by atoms with Crippen LogP contribution in [-0.4, -0.2) is 38.5 Å². The number of rotatable bonds is 5. The van der Waals surface area contributed by atoms with Crippen LogP contribution in [0.2, 0.25) is 0 Å². The van der Waals surface area contributed by atoms with Crippen LogP contribution in [0.1, 0.15) is 53.8 Å². The number of aliphatic imine (C=N–C) groups is 1. The molecule has 2 N–H and O–H groups in total. The van der Waals surface area contributed by atoms with Gasteiger partial charge in [0.1, 0.15) is 0 Å². The van der Waals surface area contributed by atoms with E-state index in [1.807, 2.05) is 14.0 Å². The summed E-state index contributed by atoms with van der Waals surface area (Å²) in [4.78, 5) is 19.0. The van der Waals surface area contributed by atoms with E-state index in [1.165, 1.54) is 36.9 Å². The molecule has 2 aliphatic rings. The van der Waals surface area contributed by atoms with Gasteiger partial charge in [-0.15, -0.1) is 0 Å². The van der Waals surface area contributed by atoms with E-state index in [0.717, 1.165) is 31.0 Å². The van der Waals surface area contributed by atoms with Crippen LogP contribution in [0.3, 0.4) is 0 Å². The molecule has 2 heterocycles. The number of hydrogen-bond donors (Lipinski definition) is 2. The van der Waals surface area contributed by atoms with Gasteiger partial charge >= 0.3 is 0 Å². The van der Waals surface area contributed by atoms with Crippen molar-refractivity contribution in [2.75, 3.05) is 31.6 Å². The first-order valence-electron chi connectivity index (χ1n) is 10.5. The molecule has 1 amide bonds. The van der Waals surface area contributed by atoms with Crippen molar-refractivity contribution in [3.05, 3.63) is 53.5 Å². The van der Waals surface area contributed by atoms with Gasteiger partial charge in [-0.3, -0.25) is 9.79 Å². The largest absolute Gasteiger partial charge is 0.459 e. The summed E-state index contributed by atoms with van der Waals surface area (Å²) >= 11 is 0. The van der Waals surface area contributed by atoms with Gasteiger partial charge in [0.2, 0.25) is 0 Å². The highest BCUT2D eigenvalue weighted by atomic mass is 16.3. The van der Waals surface area contributed by atoms with Gasteiger partial charge in [0.15, 0.2) is 11.7 Å². The molecule has 6 nitrogen and oxygen atoms in total. The first-order valence-corrected chi connectivity index (χ1v) is 10.5. The van der Waals surface area contributed by atoms with Gasteiger partial charge in [0.25, 0.3) is 5.91 Å². The van der Waals surface area contributed by atoms with Crippen molar-refractivity contribution in [1.29, 1.82) is 0 Å². The van der Waals surface area contributed by atoms with Crippen LogP contribution in [0.4, 0.5) is 5.69 Å². The van der Waals surface area contributed by atoms with Crippen LogP contribution in [0.25, 0.3) is 0 Å². The van der Waals surface area contributed by atoms with Gasteiger partial charge < -0.3 is 20.0 Å². The lowest BCUT2D eigenvalue weighted by atomic mass is 9.81. The highest BCUT2D eigenvalue weighted by Crippen LogP contribution is 2.50. The van der Waals surface area contributed by atoms with E-state index in [9.17, 15) is 4.79 Å². The third-order valence-electron chi connectivity index (χ3n) is 6.25. The summed E-state index contributed by atoms with van der Waals surface area (Å²) in [6.45, 7) is 4.20. The lowest BCUT2D eigenvalue weighted by molar-refractivity contribution is 0.0925. The Morgan fingerprint density at radius 3 is 2.66 bits per heavy atom. The molecule has 1 saturated carbocycles. The molecular formula is C23H30N4O2. The maximum absolute atomic E-state index is 12.1. The second-order valence-electron chi connectivity index (χ2n) is 8.11. The monoisotopic (exact) mass is 394 g/mol.